The number of amidine groups is 1. The van der Waals surface area contributed by atoms with Gasteiger partial charge in [0.2, 0.25) is 5.91 Å². The highest BCUT2D eigenvalue weighted by Gasteiger charge is 2.46. The second-order valence-electron chi connectivity index (χ2n) is 7.11. The Morgan fingerprint density at radius 3 is 2.59 bits per heavy atom. The minimum atomic E-state index is -0.541. The molecule has 3 rings (SSSR count). The van der Waals surface area contributed by atoms with E-state index in [1.54, 1.807) is 18.7 Å². The number of ether oxygens (including phenoxy) is 2. The second-order valence-corrected chi connectivity index (χ2v) is 8.42. The van der Waals surface area contributed by atoms with E-state index in [0.717, 1.165) is 30.6 Å². The molecule has 1 fully saturated rings. The van der Waals surface area contributed by atoms with Gasteiger partial charge in [-0.1, -0.05) is 43.7 Å². The van der Waals surface area contributed by atoms with E-state index in [0.29, 0.717) is 23.0 Å². The van der Waals surface area contributed by atoms with E-state index in [1.807, 2.05) is 31.2 Å². The smallest absolute Gasteiger partial charge is 0.338 e. The number of thioether (sulfide) groups is 1. The molecule has 7 heteroatoms. The highest BCUT2D eigenvalue weighted by molar-refractivity contribution is 8.15. The normalized spacial score (nSPS) is 21.2. The fourth-order valence-electron chi connectivity index (χ4n) is 3.48. The lowest BCUT2D eigenvalue weighted by molar-refractivity contribution is -0.139. The molecule has 2 aliphatic heterocycles. The van der Waals surface area contributed by atoms with Crippen molar-refractivity contribution in [2.24, 2.45) is 4.99 Å². The van der Waals surface area contributed by atoms with Crippen molar-refractivity contribution in [2.75, 3.05) is 13.2 Å². The molecule has 2 unspecified atom stereocenters. The van der Waals surface area contributed by atoms with Crippen LogP contribution in [0.25, 0.3) is 0 Å². The van der Waals surface area contributed by atoms with E-state index in [4.69, 9.17) is 9.47 Å². The first kappa shape index (κ1) is 21.4. The van der Waals surface area contributed by atoms with Gasteiger partial charge in [0.15, 0.2) is 5.17 Å². The molecule has 2 atom stereocenters. The third-order valence-corrected chi connectivity index (χ3v) is 6.02. The summed E-state index contributed by atoms with van der Waals surface area (Å²) >= 11 is 1.42. The van der Waals surface area contributed by atoms with Crippen LogP contribution in [0.5, 0.6) is 5.75 Å². The number of rotatable bonds is 8. The lowest BCUT2D eigenvalue weighted by Gasteiger charge is -2.33. The molecule has 2 heterocycles. The first-order chi connectivity index (χ1) is 14.0. The Hall–Kier alpha value is -2.28. The molecule has 0 N–H and O–H groups in total. The van der Waals surface area contributed by atoms with E-state index < -0.39 is 12.0 Å². The zero-order chi connectivity index (χ0) is 21.0. The molecule has 0 radical (unpaired) electrons. The van der Waals surface area contributed by atoms with E-state index >= 15 is 0 Å². The van der Waals surface area contributed by atoms with Gasteiger partial charge in [0.1, 0.15) is 5.75 Å². The summed E-state index contributed by atoms with van der Waals surface area (Å²) in [5.74, 6) is 0.298. The van der Waals surface area contributed by atoms with Crippen LogP contribution in [-0.2, 0) is 14.3 Å². The number of hydrogen-bond donors (Lipinski definition) is 0. The van der Waals surface area contributed by atoms with Gasteiger partial charge in [0.05, 0.1) is 35.8 Å². The molecule has 2 aliphatic rings. The van der Waals surface area contributed by atoms with Gasteiger partial charge in [0, 0.05) is 0 Å². The van der Waals surface area contributed by atoms with Crippen molar-refractivity contribution in [3.05, 3.63) is 41.1 Å². The number of aliphatic imine (C=N–C) groups is 1. The molecule has 0 aliphatic carbocycles. The number of hydrogen-bond acceptors (Lipinski definition) is 6. The lowest BCUT2D eigenvalue weighted by atomic mass is 9.94. The summed E-state index contributed by atoms with van der Waals surface area (Å²) in [5.41, 5.74) is 1.84. The third kappa shape index (κ3) is 4.50. The van der Waals surface area contributed by atoms with Gasteiger partial charge < -0.3 is 9.47 Å². The van der Waals surface area contributed by atoms with Crippen LogP contribution < -0.4 is 4.74 Å². The summed E-state index contributed by atoms with van der Waals surface area (Å²) in [7, 11) is 0. The molecule has 0 bridgehead atoms. The third-order valence-electron chi connectivity index (χ3n) is 4.97. The van der Waals surface area contributed by atoms with E-state index in [-0.39, 0.29) is 17.8 Å². The zero-order valence-electron chi connectivity index (χ0n) is 17.4. The number of nitrogens with zero attached hydrogens (tertiary/aromatic N) is 2. The Morgan fingerprint density at radius 2 is 1.93 bits per heavy atom. The van der Waals surface area contributed by atoms with E-state index in [2.05, 4.69) is 11.9 Å². The summed E-state index contributed by atoms with van der Waals surface area (Å²) in [6, 6.07) is 7.07. The molecule has 1 aromatic carbocycles. The largest absolute Gasteiger partial charge is 0.494 e. The van der Waals surface area contributed by atoms with Crippen molar-refractivity contribution in [1.29, 1.82) is 0 Å². The van der Waals surface area contributed by atoms with Gasteiger partial charge in [-0.05, 0) is 44.9 Å². The summed E-state index contributed by atoms with van der Waals surface area (Å²) in [5, 5.41) is 0.407. The Balaban J connectivity index is 1.91. The van der Waals surface area contributed by atoms with Crippen molar-refractivity contribution >= 4 is 28.8 Å². The number of amides is 1. The van der Waals surface area contributed by atoms with Gasteiger partial charge in [-0.3, -0.25) is 9.69 Å². The average molecular weight is 417 g/mol. The minimum absolute atomic E-state index is 0.0482. The van der Waals surface area contributed by atoms with Crippen LogP contribution in [0.4, 0.5) is 0 Å². The number of allylic oxidation sites excluding steroid dienone is 1. The lowest BCUT2D eigenvalue weighted by Crippen LogP contribution is -2.40. The van der Waals surface area contributed by atoms with Gasteiger partial charge in [-0.15, -0.1) is 0 Å². The molecule has 0 spiro atoms. The van der Waals surface area contributed by atoms with Gasteiger partial charge >= 0.3 is 5.97 Å². The molecule has 0 aromatic heterocycles. The molecule has 156 valence electrons. The summed E-state index contributed by atoms with van der Waals surface area (Å²) in [6.45, 7) is 8.53. The molecular formula is C22H28N2O4S. The molecule has 29 heavy (non-hydrogen) atoms. The Bertz CT molecular complexity index is 832. The zero-order valence-corrected chi connectivity index (χ0v) is 18.3. The predicted octanol–water partition coefficient (Wildman–Crippen LogP) is 4.47. The van der Waals surface area contributed by atoms with Crippen molar-refractivity contribution in [3.8, 4) is 5.75 Å². The monoisotopic (exact) mass is 416 g/mol. The molecule has 1 saturated heterocycles. The summed E-state index contributed by atoms with van der Waals surface area (Å²) in [6.07, 6.45) is 3.31. The van der Waals surface area contributed by atoms with Crippen molar-refractivity contribution in [1.82, 2.24) is 4.90 Å². The molecule has 1 amide bonds. The number of fused-ring (bicyclic) bond motifs is 1. The van der Waals surface area contributed by atoms with Crippen LogP contribution in [0.15, 0.2) is 40.5 Å². The standard InChI is InChI=1S/C22H28N2O4S/c1-5-7-8-13-28-17-11-9-16(10-12-17)19-18(21(26)27-6-2)14(3)23-22-24(19)20(25)15(4)29-22/h9-12,15,19H,5-8,13H2,1-4H3. The number of benzene rings is 1. The Morgan fingerprint density at radius 1 is 1.21 bits per heavy atom. The van der Waals surface area contributed by atoms with Crippen LogP contribution in [0.1, 0.15) is 58.6 Å². The van der Waals surface area contributed by atoms with Gasteiger partial charge in [0.25, 0.3) is 0 Å². The summed E-state index contributed by atoms with van der Waals surface area (Å²) < 4.78 is 11.1. The van der Waals surface area contributed by atoms with Gasteiger partial charge in [-0.2, -0.15) is 0 Å². The van der Waals surface area contributed by atoms with Crippen LogP contribution in [0.2, 0.25) is 0 Å². The first-order valence-corrected chi connectivity index (χ1v) is 11.0. The topological polar surface area (TPSA) is 68.2 Å². The number of esters is 1. The Kier molecular flexibility index (Phi) is 7.00. The highest BCUT2D eigenvalue weighted by atomic mass is 32.2. The SMILES string of the molecule is CCCCCOc1ccc(C2C(C(=O)OCC)=C(C)N=C3SC(C)C(=O)N32)cc1. The molecule has 1 aromatic rings. The van der Waals surface area contributed by atoms with Crippen molar-refractivity contribution < 1.29 is 19.1 Å². The highest BCUT2D eigenvalue weighted by Crippen LogP contribution is 2.43. The fourth-order valence-corrected chi connectivity index (χ4v) is 4.51. The van der Waals surface area contributed by atoms with Gasteiger partial charge in [-0.25, -0.2) is 9.79 Å². The molecule has 6 nitrogen and oxygen atoms in total. The first-order valence-electron chi connectivity index (χ1n) is 10.2. The maximum absolute atomic E-state index is 12.9. The molecular weight excluding hydrogens is 388 g/mol. The number of carbonyl (C=O) groups excluding carboxylic acids is 2. The van der Waals surface area contributed by atoms with Crippen LogP contribution in [-0.4, -0.2) is 40.4 Å². The quantitative estimate of drug-likeness (QED) is 0.462. The second kappa shape index (κ2) is 9.48. The fraction of sp³-hybridized carbons (Fsp3) is 0.500. The van der Waals surface area contributed by atoms with Crippen molar-refractivity contribution in [2.45, 2.75) is 58.2 Å². The predicted molar refractivity (Wildman–Crippen MR) is 115 cm³/mol. The van der Waals surface area contributed by atoms with Crippen LogP contribution >= 0.6 is 11.8 Å². The number of unbranched alkanes of at least 4 members (excludes halogenated alkanes) is 2. The van der Waals surface area contributed by atoms with E-state index in [9.17, 15) is 9.59 Å². The average Bonchev–Trinajstić information content (AvgIpc) is 2.98. The maximum Gasteiger partial charge on any atom is 0.338 e. The number of carbonyl (C=O) groups is 2. The van der Waals surface area contributed by atoms with E-state index in [1.165, 1.54) is 11.8 Å². The maximum atomic E-state index is 12.9. The summed E-state index contributed by atoms with van der Waals surface area (Å²) in [4.78, 5) is 31.7. The van der Waals surface area contributed by atoms with Crippen molar-refractivity contribution in [3.63, 3.8) is 0 Å². The molecule has 0 saturated carbocycles. The van der Waals surface area contributed by atoms with Crippen LogP contribution in [0, 0.1) is 0 Å². The van der Waals surface area contributed by atoms with Crippen LogP contribution in [0.3, 0.4) is 0 Å². The minimum Gasteiger partial charge on any atom is -0.494 e. The Labute approximate surface area is 176 Å².